The summed E-state index contributed by atoms with van der Waals surface area (Å²) in [6.07, 6.45) is 0.270. The van der Waals surface area contributed by atoms with Crippen LogP contribution >= 0.6 is 11.6 Å². The third-order valence-electron chi connectivity index (χ3n) is 6.30. The SMILES string of the molecule is CCOc1ccc(N(CC(=O)N(Cc2ccccc2Cl)[C@H](CC)C(=O)NC(C)(C)C)S(=O)(=O)c2ccc(F)cc2)cc1. The smallest absolute Gasteiger partial charge is 0.264 e. The number of hydrogen-bond donors (Lipinski definition) is 1. The molecular formula is C31H37ClFN3O5S. The molecule has 0 radical (unpaired) electrons. The summed E-state index contributed by atoms with van der Waals surface area (Å²) in [6.45, 7) is 8.87. The molecule has 0 saturated carbocycles. The molecule has 0 aliphatic carbocycles. The van der Waals surface area contributed by atoms with E-state index in [0.29, 0.717) is 22.9 Å². The number of carbonyl (C=O) groups is 2. The van der Waals surface area contributed by atoms with Gasteiger partial charge in [-0.2, -0.15) is 0 Å². The minimum Gasteiger partial charge on any atom is -0.494 e. The molecule has 2 amide bonds. The van der Waals surface area contributed by atoms with Crippen molar-refractivity contribution < 1.29 is 27.1 Å². The molecular weight excluding hydrogens is 581 g/mol. The number of anilines is 1. The molecule has 0 aromatic heterocycles. The van der Waals surface area contributed by atoms with Crippen LogP contribution in [0.25, 0.3) is 0 Å². The predicted octanol–water partition coefficient (Wildman–Crippen LogP) is 5.80. The van der Waals surface area contributed by atoms with Gasteiger partial charge in [-0.25, -0.2) is 12.8 Å². The molecule has 0 aliphatic rings. The van der Waals surface area contributed by atoms with Crippen molar-refractivity contribution in [3.63, 3.8) is 0 Å². The zero-order valence-corrected chi connectivity index (χ0v) is 26.0. The van der Waals surface area contributed by atoms with Crippen LogP contribution in [0.1, 0.15) is 46.6 Å². The van der Waals surface area contributed by atoms with Crippen molar-refractivity contribution in [2.75, 3.05) is 17.5 Å². The first kappa shape index (κ1) is 32.9. The zero-order valence-electron chi connectivity index (χ0n) is 24.4. The van der Waals surface area contributed by atoms with Crippen LogP contribution in [0.4, 0.5) is 10.1 Å². The van der Waals surface area contributed by atoms with Crippen molar-refractivity contribution in [2.45, 2.75) is 64.1 Å². The fourth-order valence-corrected chi connectivity index (χ4v) is 5.93. The van der Waals surface area contributed by atoms with Crippen LogP contribution < -0.4 is 14.4 Å². The van der Waals surface area contributed by atoms with E-state index in [4.69, 9.17) is 16.3 Å². The summed E-state index contributed by atoms with van der Waals surface area (Å²) in [5.74, 6) is -1.07. The van der Waals surface area contributed by atoms with Crippen molar-refractivity contribution >= 4 is 39.1 Å². The molecule has 0 saturated heterocycles. The van der Waals surface area contributed by atoms with Crippen LogP contribution in [0.3, 0.4) is 0 Å². The van der Waals surface area contributed by atoms with Gasteiger partial charge in [0, 0.05) is 17.1 Å². The second-order valence-electron chi connectivity index (χ2n) is 10.7. The monoisotopic (exact) mass is 617 g/mol. The van der Waals surface area contributed by atoms with E-state index in [2.05, 4.69) is 5.32 Å². The largest absolute Gasteiger partial charge is 0.494 e. The topological polar surface area (TPSA) is 96.0 Å². The highest BCUT2D eigenvalue weighted by molar-refractivity contribution is 7.92. The van der Waals surface area contributed by atoms with E-state index < -0.39 is 39.9 Å². The van der Waals surface area contributed by atoms with Gasteiger partial charge < -0.3 is 15.0 Å². The highest BCUT2D eigenvalue weighted by atomic mass is 35.5. The number of nitrogens with one attached hydrogen (secondary N) is 1. The normalized spacial score (nSPS) is 12.4. The van der Waals surface area contributed by atoms with Crippen LogP contribution in [-0.4, -0.2) is 49.9 Å². The average molecular weight is 618 g/mol. The van der Waals surface area contributed by atoms with E-state index in [1.165, 1.54) is 17.0 Å². The molecule has 0 fully saturated rings. The molecule has 0 spiro atoms. The van der Waals surface area contributed by atoms with Gasteiger partial charge in [0.05, 0.1) is 17.2 Å². The Labute approximate surface area is 252 Å². The fraction of sp³-hybridized carbons (Fsp3) is 0.355. The maximum Gasteiger partial charge on any atom is 0.264 e. The number of rotatable bonds is 12. The van der Waals surface area contributed by atoms with Gasteiger partial charge in [0.15, 0.2) is 0 Å². The summed E-state index contributed by atoms with van der Waals surface area (Å²) >= 11 is 6.43. The first-order valence-corrected chi connectivity index (χ1v) is 15.4. The number of amides is 2. The van der Waals surface area contributed by atoms with Crippen LogP contribution in [0, 0.1) is 5.82 Å². The van der Waals surface area contributed by atoms with Crippen molar-refractivity contribution in [3.05, 3.63) is 89.2 Å². The first-order chi connectivity index (χ1) is 19.8. The van der Waals surface area contributed by atoms with E-state index in [0.717, 1.165) is 28.6 Å². The third-order valence-corrected chi connectivity index (χ3v) is 8.46. The number of sulfonamides is 1. The second-order valence-corrected chi connectivity index (χ2v) is 12.9. The minimum absolute atomic E-state index is 0.0255. The van der Waals surface area contributed by atoms with E-state index in [9.17, 15) is 22.4 Å². The lowest BCUT2D eigenvalue weighted by molar-refractivity contribution is -0.141. The van der Waals surface area contributed by atoms with Gasteiger partial charge in [-0.1, -0.05) is 36.7 Å². The fourth-order valence-electron chi connectivity index (χ4n) is 4.32. The Bertz CT molecular complexity index is 1480. The lowest BCUT2D eigenvalue weighted by Gasteiger charge is -2.35. The summed E-state index contributed by atoms with van der Waals surface area (Å²) in [5, 5.41) is 3.33. The Kier molecular flexibility index (Phi) is 11.0. The number of hydrogen-bond acceptors (Lipinski definition) is 5. The Morgan fingerprint density at radius 2 is 1.60 bits per heavy atom. The molecule has 1 N–H and O–H groups in total. The minimum atomic E-state index is -4.34. The number of nitrogens with zero attached hydrogens (tertiary/aromatic N) is 2. The Morgan fingerprint density at radius 3 is 2.14 bits per heavy atom. The average Bonchev–Trinajstić information content (AvgIpc) is 2.92. The summed E-state index contributed by atoms with van der Waals surface area (Å²) in [7, 11) is -4.34. The highest BCUT2D eigenvalue weighted by Gasteiger charge is 2.35. The molecule has 3 aromatic carbocycles. The number of halogens is 2. The van der Waals surface area contributed by atoms with Crippen LogP contribution in [0.15, 0.2) is 77.7 Å². The lowest BCUT2D eigenvalue weighted by atomic mass is 10.1. The molecule has 8 nitrogen and oxygen atoms in total. The Hall–Kier alpha value is -3.63. The standard InChI is InChI=1S/C31H37ClFN3O5S/c1-6-28(30(38)34-31(3,4)5)35(20-22-10-8-9-11-27(22)32)29(37)21-36(24-14-16-25(17-15-24)41-7-2)42(39,40)26-18-12-23(33)13-19-26/h8-19,28H,6-7,20-21H2,1-5H3,(H,34,38)/t28-/m1/s1. The second kappa shape index (κ2) is 14.0. The van der Waals surface area contributed by atoms with Crippen LogP contribution in [0.5, 0.6) is 5.75 Å². The van der Waals surface area contributed by atoms with Gasteiger partial charge in [-0.3, -0.25) is 13.9 Å². The molecule has 0 bridgehead atoms. The van der Waals surface area contributed by atoms with Gasteiger partial charge in [0.1, 0.15) is 24.2 Å². The van der Waals surface area contributed by atoms with Crippen molar-refractivity contribution in [1.29, 1.82) is 0 Å². The van der Waals surface area contributed by atoms with Crippen LogP contribution in [-0.2, 0) is 26.2 Å². The molecule has 3 rings (SSSR count). The summed E-state index contributed by atoms with van der Waals surface area (Å²) < 4.78 is 47.9. The molecule has 0 aliphatic heterocycles. The maximum atomic E-state index is 14.1. The third kappa shape index (κ3) is 8.45. The summed E-state index contributed by atoms with van der Waals surface area (Å²) in [4.78, 5) is 28.7. The van der Waals surface area contributed by atoms with Crippen molar-refractivity contribution in [2.24, 2.45) is 0 Å². The van der Waals surface area contributed by atoms with Crippen LogP contribution in [0.2, 0.25) is 5.02 Å². The summed E-state index contributed by atoms with van der Waals surface area (Å²) in [5.41, 5.74) is 0.230. The number of carbonyl (C=O) groups excluding carboxylic acids is 2. The van der Waals surface area contributed by atoms with Gasteiger partial charge in [0.25, 0.3) is 10.0 Å². The zero-order chi connectivity index (χ0) is 31.1. The Balaban J connectivity index is 2.08. The quantitative estimate of drug-likeness (QED) is 0.277. The predicted molar refractivity (Wildman–Crippen MR) is 163 cm³/mol. The van der Waals surface area contributed by atoms with Gasteiger partial charge in [-0.05, 0) is 94.3 Å². The molecule has 0 unspecified atom stereocenters. The molecule has 0 heterocycles. The van der Waals surface area contributed by atoms with E-state index >= 15 is 0 Å². The number of benzene rings is 3. The molecule has 3 aromatic rings. The van der Waals surface area contributed by atoms with E-state index in [-0.39, 0.29) is 29.5 Å². The molecule has 42 heavy (non-hydrogen) atoms. The molecule has 226 valence electrons. The van der Waals surface area contributed by atoms with Gasteiger partial charge >= 0.3 is 0 Å². The maximum absolute atomic E-state index is 14.1. The summed E-state index contributed by atoms with van der Waals surface area (Å²) in [6, 6.07) is 16.7. The Morgan fingerprint density at radius 1 is 0.976 bits per heavy atom. The molecule has 11 heteroatoms. The first-order valence-electron chi connectivity index (χ1n) is 13.6. The van der Waals surface area contributed by atoms with Gasteiger partial charge in [-0.15, -0.1) is 0 Å². The lowest BCUT2D eigenvalue weighted by Crippen LogP contribution is -2.55. The molecule has 1 atom stereocenters. The van der Waals surface area contributed by atoms with Crippen molar-refractivity contribution in [1.82, 2.24) is 10.2 Å². The highest BCUT2D eigenvalue weighted by Crippen LogP contribution is 2.27. The number of ether oxygens (including phenoxy) is 1. The van der Waals surface area contributed by atoms with Crippen molar-refractivity contribution in [3.8, 4) is 5.75 Å². The van der Waals surface area contributed by atoms with Gasteiger partial charge in [0.2, 0.25) is 11.8 Å². The van der Waals surface area contributed by atoms with E-state index in [1.54, 1.807) is 43.3 Å². The van der Waals surface area contributed by atoms with E-state index in [1.807, 2.05) is 27.7 Å².